The Balaban J connectivity index is 1.67. The summed E-state index contributed by atoms with van der Waals surface area (Å²) in [6.07, 6.45) is 5.20. The van der Waals surface area contributed by atoms with Crippen molar-refractivity contribution in [3.63, 3.8) is 0 Å². The van der Waals surface area contributed by atoms with Crippen molar-refractivity contribution >= 4 is 33.3 Å². The molecule has 7 heteroatoms. The second-order valence-corrected chi connectivity index (χ2v) is 6.89. The van der Waals surface area contributed by atoms with Crippen LogP contribution in [0.2, 0.25) is 0 Å². The molecule has 0 aliphatic rings. The van der Waals surface area contributed by atoms with Crippen molar-refractivity contribution in [2.75, 3.05) is 0 Å². The van der Waals surface area contributed by atoms with Gasteiger partial charge in [-0.05, 0) is 36.8 Å². The van der Waals surface area contributed by atoms with Gasteiger partial charge in [0.15, 0.2) is 5.76 Å². The largest absolute Gasteiger partial charge is 0.452 e. The van der Waals surface area contributed by atoms with Gasteiger partial charge in [0.25, 0.3) is 5.56 Å². The standard InChI is InChI=1S/C19H12N4O2S/c1-11-13-4-2-3-5-14(13)25-16(11)17-21-19-23(22-17)18(24)15(26-19)10-12-6-8-20-9-7-12/h2-10H,1H3. The fourth-order valence-corrected chi connectivity index (χ4v) is 3.84. The highest BCUT2D eigenvalue weighted by molar-refractivity contribution is 7.15. The van der Waals surface area contributed by atoms with Gasteiger partial charge in [-0.1, -0.05) is 29.5 Å². The smallest absolute Gasteiger partial charge is 0.291 e. The van der Waals surface area contributed by atoms with Crippen LogP contribution in [0.1, 0.15) is 11.1 Å². The molecule has 0 unspecified atom stereocenters. The normalized spacial score (nSPS) is 12.4. The van der Waals surface area contributed by atoms with Crippen LogP contribution in [0.5, 0.6) is 0 Å². The summed E-state index contributed by atoms with van der Waals surface area (Å²) in [4.78, 5) is 21.7. The maximum Gasteiger partial charge on any atom is 0.291 e. The highest BCUT2D eigenvalue weighted by atomic mass is 32.1. The first-order chi connectivity index (χ1) is 12.7. The number of aromatic nitrogens is 4. The first-order valence-electron chi connectivity index (χ1n) is 8.00. The van der Waals surface area contributed by atoms with E-state index in [9.17, 15) is 4.79 Å². The number of para-hydroxylation sites is 1. The van der Waals surface area contributed by atoms with E-state index < -0.39 is 0 Å². The molecule has 0 saturated heterocycles. The Bertz CT molecular complexity index is 1370. The monoisotopic (exact) mass is 360 g/mol. The average molecular weight is 360 g/mol. The minimum absolute atomic E-state index is 0.186. The Morgan fingerprint density at radius 2 is 1.96 bits per heavy atom. The molecule has 4 heterocycles. The number of benzene rings is 1. The van der Waals surface area contributed by atoms with Crippen LogP contribution >= 0.6 is 11.3 Å². The van der Waals surface area contributed by atoms with Crippen LogP contribution in [0, 0.1) is 6.92 Å². The third-order valence-electron chi connectivity index (χ3n) is 4.23. The summed E-state index contributed by atoms with van der Waals surface area (Å²) in [6.45, 7) is 1.97. The summed E-state index contributed by atoms with van der Waals surface area (Å²) in [5, 5.41) is 5.40. The van der Waals surface area contributed by atoms with Crippen LogP contribution < -0.4 is 10.1 Å². The van der Waals surface area contributed by atoms with Gasteiger partial charge in [0.2, 0.25) is 10.8 Å². The molecule has 0 N–H and O–H groups in total. The summed E-state index contributed by atoms with van der Waals surface area (Å²) < 4.78 is 7.81. The topological polar surface area (TPSA) is 73.3 Å². The van der Waals surface area contributed by atoms with Gasteiger partial charge in [0.05, 0.1) is 4.53 Å². The number of hydrogen-bond acceptors (Lipinski definition) is 6. The molecular weight excluding hydrogens is 348 g/mol. The SMILES string of the molecule is Cc1c(-c2nc3sc(=Cc4ccncc4)c(=O)n3n2)oc2ccccc12. The molecule has 0 bridgehead atoms. The van der Waals surface area contributed by atoms with Gasteiger partial charge in [0.1, 0.15) is 5.58 Å². The van der Waals surface area contributed by atoms with Gasteiger partial charge in [-0.3, -0.25) is 9.78 Å². The van der Waals surface area contributed by atoms with E-state index in [4.69, 9.17) is 4.42 Å². The molecule has 0 aliphatic heterocycles. The van der Waals surface area contributed by atoms with Crippen molar-refractivity contribution in [1.82, 2.24) is 19.6 Å². The molecule has 0 radical (unpaired) electrons. The zero-order valence-corrected chi connectivity index (χ0v) is 14.5. The van der Waals surface area contributed by atoms with Crippen molar-refractivity contribution in [1.29, 1.82) is 0 Å². The molecule has 0 amide bonds. The van der Waals surface area contributed by atoms with Gasteiger partial charge >= 0.3 is 0 Å². The number of hydrogen-bond donors (Lipinski definition) is 0. The lowest BCUT2D eigenvalue weighted by atomic mass is 10.1. The Labute approximate surface area is 151 Å². The number of pyridine rings is 1. The van der Waals surface area contributed by atoms with E-state index in [-0.39, 0.29) is 5.56 Å². The molecule has 0 aliphatic carbocycles. The minimum Gasteiger partial charge on any atom is -0.452 e. The molecule has 5 aromatic rings. The third-order valence-corrected chi connectivity index (χ3v) is 5.19. The van der Waals surface area contributed by atoms with Gasteiger partial charge in [-0.15, -0.1) is 5.10 Å². The fourth-order valence-electron chi connectivity index (χ4n) is 2.93. The molecule has 0 atom stereocenters. The van der Waals surface area contributed by atoms with E-state index >= 15 is 0 Å². The van der Waals surface area contributed by atoms with Crippen LogP contribution in [0.4, 0.5) is 0 Å². The average Bonchev–Trinajstić information content (AvgIpc) is 3.30. The zero-order valence-electron chi connectivity index (χ0n) is 13.7. The number of rotatable bonds is 2. The number of thiazole rings is 1. The van der Waals surface area contributed by atoms with Crippen LogP contribution in [-0.4, -0.2) is 19.6 Å². The second-order valence-electron chi connectivity index (χ2n) is 5.88. The maximum absolute atomic E-state index is 12.6. The zero-order chi connectivity index (χ0) is 17.7. The van der Waals surface area contributed by atoms with Gasteiger partial charge in [-0.25, -0.2) is 0 Å². The second kappa shape index (κ2) is 5.60. The van der Waals surface area contributed by atoms with Crippen molar-refractivity contribution in [2.45, 2.75) is 6.92 Å². The van der Waals surface area contributed by atoms with Gasteiger partial charge in [-0.2, -0.15) is 9.50 Å². The summed E-state index contributed by atoms with van der Waals surface area (Å²) in [7, 11) is 0. The highest BCUT2D eigenvalue weighted by Crippen LogP contribution is 2.31. The number of furan rings is 1. The lowest BCUT2D eigenvalue weighted by Gasteiger charge is -1.90. The minimum atomic E-state index is -0.186. The quantitative estimate of drug-likeness (QED) is 0.484. The fraction of sp³-hybridized carbons (Fsp3) is 0.0526. The summed E-state index contributed by atoms with van der Waals surface area (Å²) in [5.41, 5.74) is 2.48. The lowest BCUT2D eigenvalue weighted by Crippen LogP contribution is -2.23. The first kappa shape index (κ1) is 15.0. The molecule has 1 aromatic carbocycles. The van der Waals surface area contributed by atoms with E-state index in [1.807, 2.05) is 49.4 Å². The summed E-state index contributed by atoms with van der Waals surface area (Å²) in [6, 6.07) is 11.5. The molecular formula is C19H12N4O2S. The summed E-state index contributed by atoms with van der Waals surface area (Å²) in [5.74, 6) is 1.03. The third kappa shape index (κ3) is 2.25. The number of nitrogens with zero attached hydrogens (tertiary/aromatic N) is 4. The van der Waals surface area contributed by atoms with Crippen LogP contribution in [0.3, 0.4) is 0 Å². The lowest BCUT2D eigenvalue weighted by molar-refractivity contribution is 0.622. The van der Waals surface area contributed by atoms with Gasteiger partial charge in [0, 0.05) is 23.3 Å². The molecule has 26 heavy (non-hydrogen) atoms. The Hall–Kier alpha value is -3.32. The van der Waals surface area contributed by atoms with Crippen LogP contribution in [0.15, 0.2) is 58.0 Å². The molecule has 6 nitrogen and oxygen atoms in total. The van der Waals surface area contributed by atoms with Crippen molar-refractivity contribution in [3.8, 4) is 11.6 Å². The van der Waals surface area contributed by atoms with E-state index in [0.717, 1.165) is 22.1 Å². The highest BCUT2D eigenvalue weighted by Gasteiger charge is 2.18. The van der Waals surface area contributed by atoms with E-state index in [2.05, 4.69) is 15.1 Å². The van der Waals surface area contributed by atoms with E-state index in [1.54, 1.807) is 12.4 Å². The molecule has 4 aromatic heterocycles. The van der Waals surface area contributed by atoms with Gasteiger partial charge < -0.3 is 4.42 Å². The number of aryl methyl sites for hydroxylation is 1. The molecule has 0 saturated carbocycles. The predicted octanol–water partition coefficient (Wildman–Crippen LogP) is 2.82. The number of fused-ring (bicyclic) bond motifs is 2. The van der Waals surface area contributed by atoms with E-state index in [1.165, 1.54) is 15.9 Å². The first-order valence-corrected chi connectivity index (χ1v) is 8.82. The predicted molar refractivity (Wildman–Crippen MR) is 100 cm³/mol. The van der Waals surface area contributed by atoms with Crippen LogP contribution in [-0.2, 0) is 0 Å². The Morgan fingerprint density at radius 3 is 2.73 bits per heavy atom. The molecule has 0 spiro atoms. The van der Waals surface area contributed by atoms with E-state index in [0.29, 0.717) is 21.1 Å². The molecule has 5 rings (SSSR count). The maximum atomic E-state index is 12.6. The van der Waals surface area contributed by atoms with Crippen molar-refractivity contribution in [3.05, 3.63) is 74.8 Å². The Morgan fingerprint density at radius 1 is 1.15 bits per heavy atom. The Kier molecular flexibility index (Phi) is 3.23. The van der Waals surface area contributed by atoms with Crippen molar-refractivity contribution < 1.29 is 4.42 Å². The van der Waals surface area contributed by atoms with Crippen molar-refractivity contribution in [2.24, 2.45) is 0 Å². The van der Waals surface area contributed by atoms with Crippen LogP contribution in [0.25, 0.3) is 33.6 Å². The summed E-state index contributed by atoms with van der Waals surface area (Å²) >= 11 is 1.31. The molecule has 126 valence electrons. The molecule has 0 fully saturated rings.